The van der Waals surface area contributed by atoms with Gasteiger partial charge in [-0.25, -0.2) is 13.4 Å². The number of hydrogen-bond acceptors (Lipinski definition) is 4. The van der Waals surface area contributed by atoms with Crippen molar-refractivity contribution in [1.29, 1.82) is 0 Å². The molecule has 0 aliphatic heterocycles. The van der Waals surface area contributed by atoms with Crippen LogP contribution in [0.3, 0.4) is 0 Å². The van der Waals surface area contributed by atoms with E-state index in [4.69, 9.17) is 0 Å². The molecule has 0 bridgehead atoms. The number of allylic oxidation sites excluding steroid dienone is 1. The number of nitrogens with zero attached hydrogens (tertiary/aromatic N) is 3. The van der Waals surface area contributed by atoms with E-state index in [0.717, 1.165) is 11.1 Å². The summed E-state index contributed by atoms with van der Waals surface area (Å²) >= 11 is 0. The fraction of sp³-hybridized carbons (Fsp3) is 0.167. The highest BCUT2D eigenvalue weighted by atomic mass is 32.2. The van der Waals surface area contributed by atoms with Crippen molar-refractivity contribution >= 4 is 21.4 Å². The van der Waals surface area contributed by atoms with Crippen molar-refractivity contribution in [3.05, 3.63) is 42.9 Å². The summed E-state index contributed by atoms with van der Waals surface area (Å²) < 4.78 is 27.8. The van der Waals surface area contributed by atoms with E-state index in [1.165, 1.54) is 17.1 Å². The molecule has 0 unspecified atom stereocenters. The van der Waals surface area contributed by atoms with E-state index in [0.29, 0.717) is 0 Å². The molecule has 0 aliphatic carbocycles. The van der Waals surface area contributed by atoms with E-state index in [-0.39, 0.29) is 10.7 Å². The molecule has 2 aromatic rings. The monoisotopic (exact) mass is 278 g/mol. The van der Waals surface area contributed by atoms with Crippen molar-refractivity contribution in [2.24, 2.45) is 7.05 Å². The van der Waals surface area contributed by atoms with Crippen LogP contribution in [0, 0.1) is 0 Å². The molecule has 7 heteroatoms. The van der Waals surface area contributed by atoms with Crippen molar-refractivity contribution in [1.82, 2.24) is 14.8 Å². The molecule has 0 atom stereocenters. The van der Waals surface area contributed by atoms with Crippen molar-refractivity contribution in [2.45, 2.75) is 11.8 Å². The zero-order valence-electron chi connectivity index (χ0n) is 10.7. The lowest BCUT2D eigenvalue weighted by Gasteiger charge is -2.06. The predicted molar refractivity (Wildman–Crippen MR) is 73.0 cm³/mol. The lowest BCUT2D eigenvalue weighted by atomic mass is 10.1. The highest BCUT2D eigenvalue weighted by molar-refractivity contribution is 7.92. The molecule has 0 saturated heterocycles. The Kier molecular flexibility index (Phi) is 3.39. The second-order valence-electron chi connectivity index (χ2n) is 4.17. The number of anilines is 1. The molecule has 0 saturated carbocycles. The maximum absolute atomic E-state index is 12.0. The van der Waals surface area contributed by atoms with Crippen molar-refractivity contribution in [2.75, 3.05) is 4.72 Å². The molecule has 0 fully saturated rings. The molecule has 0 amide bonds. The van der Waals surface area contributed by atoms with Gasteiger partial charge in [-0.05, 0) is 30.2 Å². The van der Waals surface area contributed by atoms with E-state index >= 15 is 0 Å². The average Bonchev–Trinajstić information content (AvgIpc) is 2.77. The standard InChI is InChI=1S/C12H14N4O2S/c1-9(2)10-4-5-12(13-6-10)15-19(17,18)11-7-14-16(3)8-11/h4-8H,1H2,2-3H3,(H,13,15). The van der Waals surface area contributed by atoms with Crippen LogP contribution in [-0.4, -0.2) is 23.2 Å². The summed E-state index contributed by atoms with van der Waals surface area (Å²) in [6, 6.07) is 3.36. The lowest BCUT2D eigenvalue weighted by molar-refractivity contribution is 0.601. The number of pyridine rings is 1. The highest BCUT2D eigenvalue weighted by Gasteiger charge is 2.16. The summed E-state index contributed by atoms with van der Waals surface area (Å²) in [7, 11) is -1.99. The van der Waals surface area contributed by atoms with Gasteiger partial charge in [-0.2, -0.15) is 5.10 Å². The Bertz CT molecular complexity index is 702. The van der Waals surface area contributed by atoms with Gasteiger partial charge in [0.05, 0.1) is 6.20 Å². The van der Waals surface area contributed by atoms with Gasteiger partial charge in [-0.3, -0.25) is 9.40 Å². The molecule has 6 nitrogen and oxygen atoms in total. The van der Waals surface area contributed by atoms with Crippen molar-refractivity contribution in [3.63, 3.8) is 0 Å². The summed E-state index contributed by atoms with van der Waals surface area (Å²) in [6.45, 7) is 5.65. The normalized spacial score (nSPS) is 11.3. The summed E-state index contributed by atoms with van der Waals surface area (Å²) in [6.07, 6.45) is 4.28. The van der Waals surface area contributed by atoms with Crippen LogP contribution >= 0.6 is 0 Å². The predicted octanol–water partition coefficient (Wildman–Crippen LogP) is 1.65. The van der Waals surface area contributed by atoms with Crippen LogP contribution in [-0.2, 0) is 17.1 Å². The second kappa shape index (κ2) is 4.85. The van der Waals surface area contributed by atoms with Gasteiger partial charge in [-0.1, -0.05) is 6.58 Å². The van der Waals surface area contributed by atoms with Crippen LogP contribution in [0.4, 0.5) is 5.82 Å². The van der Waals surface area contributed by atoms with Gasteiger partial charge in [0.15, 0.2) is 0 Å². The summed E-state index contributed by atoms with van der Waals surface area (Å²) in [5, 5.41) is 3.83. The van der Waals surface area contributed by atoms with Crippen LogP contribution in [0.2, 0.25) is 0 Å². The van der Waals surface area contributed by atoms with Crippen LogP contribution in [0.5, 0.6) is 0 Å². The molecule has 1 N–H and O–H groups in total. The number of nitrogens with one attached hydrogen (secondary N) is 1. The van der Waals surface area contributed by atoms with E-state index < -0.39 is 10.0 Å². The third-order valence-corrected chi connectivity index (χ3v) is 3.80. The Labute approximate surface area is 111 Å². The molecule has 0 aromatic carbocycles. The first-order chi connectivity index (χ1) is 8.88. The maximum Gasteiger partial charge on any atom is 0.266 e. The summed E-state index contributed by atoms with van der Waals surface area (Å²) in [5.74, 6) is 0.258. The number of sulfonamides is 1. The zero-order valence-corrected chi connectivity index (χ0v) is 11.5. The smallest absolute Gasteiger partial charge is 0.266 e. The average molecular weight is 278 g/mol. The largest absolute Gasteiger partial charge is 0.274 e. The van der Waals surface area contributed by atoms with Crippen LogP contribution in [0.15, 0.2) is 42.2 Å². The third-order valence-electron chi connectivity index (χ3n) is 2.49. The summed E-state index contributed by atoms with van der Waals surface area (Å²) in [5.41, 5.74) is 1.73. The first-order valence-corrected chi connectivity index (χ1v) is 7.00. The first-order valence-electron chi connectivity index (χ1n) is 5.52. The molecule has 0 spiro atoms. The number of hydrogen-bond donors (Lipinski definition) is 1. The molecule has 2 rings (SSSR count). The van der Waals surface area contributed by atoms with E-state index in [1.807, 2.05) is 6.92 Å². The molecule has 0 aliphatic rings. The third kappa shape index (κ3) is 3.00. The molecule has 19 heavy (non-hydrogen) atoms. The van der Waals surface area contributed by atoms with Gasteiger partial charge in [0.25, 0.3) is 10.0 Å². The van der Waals surface area contributed by atoms with Crippen molar-refractivity contribution in [3.8, 4) is 0 Å². The SMILES string of the molecule is C=C(C)c1ccc(NS(=O)(=O)c2cnn(C)c2)nc1. The second-order valence-corrected chi connectivity index (χ2v) is 5.85. The summed E-state index contributed by atoms with van der Waals surface area (Å²) in [4.78, 5) is 4.14. The molecular weight excluding hydrogens is 264 g/mol. The van der Waals surface area contributed by atoms with E-state index in [9.17, 15) is 8.42 Å². The number of aromatic nitrogens is 3. The Morgan fingerprint density at radius 3 is 2.58 bits per heavy atom. The van der Waals surface area contributed by atoms with E-state index in [1.54, 1.807) is 25.4 Å². The number of aryl methyl sites for hydroxylation is 1. The Morgan fingerprint density at radius 1 is 1.37 bits per heavy atom. The van der Waals surface area contributed by atoms with Crippen LogP contribution in [0.25, 0.3) is 5.57 Å². The topological polar surface area (TPSA) is 76.9 Å². The highest BCUT2D eigenvalue weighted by Crippen LogP contribution is 2.16. The molecule has 2 aromatic heterocycles. The lowest BCUT2D eigenvalue weighted by Crippen LogP contribution is -2.13. The van der Waals surface area contributed by atoms with Crippen LogP contribution in [0.1, 0.15) is 12.5 Å². The molecule has 100 valence electrons. The fourth-order valence-electron chi connectivity index (χ4n) is 1.44. The first kappa shape index (κ1) is 13.3. The Hall–Kier alpha value is -2.15. The maximum atomic E-state index is 12.0. The fourth-order valence-corrected chi connectivity index (χ4v) is 2.43. The van der Waals surface area contributed by atoms with Gasteiger partial charge in [-0.15, -0.1) is 0 Å². The molecule has 0 radical (unpaired) electrons. The minimum Gasteiger partial charge on any atom is -0.274 e. The van der Waals surface area contributed by atoms with Gasteiger partial charge in [0.1, 0.15) is 10.7 Å². The molecule has 2 heterocycles. The number of rotatable bonds is 4. The zero-order chi connectivity index (χ0) is 14.0. The van der Waals surface area contributed by atoms with Crippen molar-refractivity contribution < 1.29 is 8.42 Å². The van der Waals surface area contributed by atoms with Gasteiger partial charge >= 0.3 is 0 Å². The van der Waals surface area contributed by atoms with Gasteiger partial charge in [0, 0.05) is 19.4 Å². The minimum atomic E-state index is -3.64. The Morgan fingerprint density at radius 2 is 2.11 bits per heavy atom. The Balaban J connectivity index is 2.23. The van der Waals surface area contributed by atoms with Gasteiger partial charge in [0.2, 0.25) is 0 Å². The quantitative estimate of drug-likeness (QED) is 0.922. The van der Waals surface area contributed by atoms with E-state index in [2.05, 4.69) is 21.4 Å². The molecular formula is C12H14N4O2S. The van der Waals surface area contributed by atoms with Gasteiger partial charge < -0.3 is 0 Å². The minimum absolute atomic E-state index is 0.0979. The van der Waals surface area contributed by atoms with Crippen LogP contribution < -0.4 is 4.72 Å².